The number of pyridine rings is 1. The number of nitrogens with zero attached hydrogens (tertiary/aromatic N) is 3. The van der Waals surface area contributed by atoms with E-state index in [1.807, 2.05) is 24.3 Å². The molecular formula is C13H10ClN3S. The van der Waals surface area contributed by atoms with Crippen molar-refractivity contribution in [3.8, 4) is 10.6 Å². The number of hydrogen-bond acceptors (Lipinski definition) is 4. The third-order valence-electron chi connectivity index (χ3n) is 2.65. The first-order chi connectivity index (χ1) is 8.88. The SMILES string of the molecule is ClCCc1nnc(-c2ccnc3ccccc23)s1. The molecule has 0 amide bonds. The maximum Gasteiger partial charge on any atom is 0.148 e. The smallest absolute Gasteiger partial charge is 0.148 e. The third kappa shape index (κ3) is 2.09. The molecule has 3 rings (SSSR count). The van der Waals surface area contributed by atoms with E-state index in [0.29, 0.717) is 5.88 Å². The molecule has 0 spiro atoms. The van der Waals surface area contributed by atoms with Gasteiger partial charge in [0.1, 0.15) is 10.0 Å². The minimum atomic E-state index is 0.575. The Morgan fingerprint density at radius 2 is 2.00 bits per heavy atom. The lowest BCUT2D eigenvalue weighted by Crippen LogP contribution is -1.84. The van der Waals surface area contributed by atoms with Crippen molar-refractivity contribution in [3.05, 3.63) is 41.5 Å². The average molecular weight is 276 g/mol. The third-order valence-corrected chi connectivity index (χ3v) is 3.86. The molecule has 0 fully saturated rings. The normalized spacial score (nSPS) is 10.9. The zero-order valence-electron chi connectivity index (χ0n) is 9.51. The highest BCUT2D eigenvalue weighted by molar-refractivity contribution is 7.14. The van der Waals surface area contributed by atoms with Gasteiger partial charge in [0.05, 0.1) is 5.52 Å². The number of hydrogen-bond donors (Lipinski definition) is 0. The minimum absolute atomic E-state index is 0.575. The molecule has 2 aromatic heterocycles. The van der Waals surface area contributed by atoms with Crippen molar-refractivity contribution in [2.24, 2.45) is 0 Å². The van der Waals surface area contributed by atoms with Gasteiger partial charge in [-0.25, -0.2) is 0 Å². The van der Waals surface area contributed by atoms with Crippen LogP contribution in [0.2, 0.25) is 0 Å². The summed E-state index contributed by atoms with van der Waals surface area (Å²) >= 11 is 7.31. The van der Waals surface area contributed by atoms with Crippen molar-refractivity contribution < 1.29 is 0 Å². The zero-order valence-corrected chi connectivity index (χ0v) is 11.1. The molecule has 0 N–H and O–H groups in total. The number of halogens is 1. The van der Waals surface area contributed by atoms with Crippen LogP contribution in [0.5, 0.6) is 0 Å². The van der Waals surface area contributed by atoms with Gasteiger partial charge in [0.25, 0.3) is 0 Å². The van der Waals surface area contributed by atoms with E-state index in [2.05, 4.69) is 21.2 Å². The van der Waals surface area contributed by atoms with Crippen molar-refractivity contribution in [3.63, 3.8) is 0 Å². The van der Waals surface area contributed by atoms with Crippen molar-refractivity contribution in [2.45, 2.75) is 6.42 Å². The van der Waals surface area contributed by atoms with Crippen LogP contribution in [0.1, 0.15) is 5.01 Å². The number of aromatic nitrogens is 3. The number of alkyl halides is 1. The Morgan fingerprint density at radius 1 is 1.11 bits per heavy atom. The number of para-hydroxylation sites is 1. The van der Waals surface area contributed by atoms with E-state index in [9.17, 15) is 0 Å². The Morgan fingerprint density at radius 3 is 2.89 bits per heavy atom. The molecule has 0 unspecified atom stereocenters. The van der Waals surface area contributed by atoms with Crippen LogP contribution < -0.4 is 0 Å². The van der Waals surface area contributed by atoms with Gasteiger partial charge in [0.2, 0.25) is 0 Å². The van der Waals surface area contributed by atoms with Gasteiger partial charge in [0.15, 0.2) is 0 Å². The summed E-state index contributed by atoms with van der Waals surface area (Å²) in [6.07, 6.45) is 2.57. The molecule has 2 heterocycles. The van der Waals surface area contributed by atoms with Crippen molar-refractivity contribution in [1.82, 2.24) is 15.2 Å². The first-order valence-corrected chi connectivity index (χ1v) is 6.96. The van der Waals surface area contributed by atoms with Crippen LogP contribution >= 0.6 is 22.9 Å². The second-order valence-electron chi connectivity index (χ2n) is 3.82. The van der Waals surface area contributed by atoms with Crippen LogP contribution in [-0.2, 0) is 6.42 Å². The van der Waals surface area contributed by atoms with E-state index in [0.717, 1.165) is 32.9 Å². The predicted molar refractivity (Wildman–Crippen MR) is 75.1 cm³/mol. The number of aryl methyl sites for hydroxylation is 1. The quantitative estimate of drug-likeness (QED) is 0.686. The zero-order chi connectivity index (χ0) is 12.4. The highest BCUT2D eigenvalue weighted by atomic mass is 35.5. The monoisotopic (exact) mass is 275 g/mol. The van der Waals surface area contributed by atoms with Gasteiger partial charge in [-0.05, 0) is 12.1 Å². The summed E-state index contributed by atoms with van der Waals surface area (Å²) in [5, 5.41) is 11.4. The van der Waals surface area contributed by atoms with Crippen LogP contribution in [0.15, 0.2) is 36.5 Å². The molecule has 0 aliphatic heterocycles. The molecule has 3 nitrogen and oxygen atoms in total. The van der Waals surface area contributed by atoms with Gasteiger partial charge in [-0.15, -0.1) is 21.8 Å². The number of benzene rings is 1. The molecule has 0 saturated carbocycles. The second-order valence-corrected chi connectivity index (χ2v) is 5.26. The Balaban J connectivity index is 2.12. The lowest BCUT2D eigenvalue weighted by atomic mass is 10.1. The summed E-state index contributed by atoms with van der Waals surface area (Å²) in [6, 6.07) is 10.0. The molecule has 0 aliphatic carbocycles. The molecule has 0 aliphatic rings. The number of fused-ring (bicyclic) bond motifs is 1. The average Bonchev–Trinajstić information content (AvgIpc) is 2.87. The molecule has 0 radical (unpaired) electrons. The van der Waals surface area contributed by atoms with E-state index in [1.54, 1.807) is 17.5 Å². The Kier molecular flexibility index (Phi) is 3.21. The molecule has 1 aromatic carbocycles. The van der Waals surface area contributed by atoms with Crippen molar-refractivity contribution in [1.29, 1.82) is 0 Å². The molecule has 0 saturated heterocycles. The topological polar surface area (TPSA) is 38.7 Å². The molecule has 3 aromatic rings. The maximum atomic E-state index is 5.72. The second kappa shape index (κ2) is 5.00. The van der Waals surface area contributed by atoms with Crippen LogP contribution in [0.3, 0.4) is 0 Å². The molecule has 5 heteroatoms. The molecule has 0 bridgehead atoms. The van der Waals surface area contributed by atoms with Crippen LogP contribution in [0, 0.1) is 0 Å². The minimum Gasteiger partial charge on any atom is -0.256 e. The summed E-state index contributed by atoms with van der Waals surface area (Å²) in [4.78, 5) is 4.35. The predicted octanol–water partition coefficient (Wildman–Crippen LogP) is 3.53. The van der Waals surface area contributed by atoms with E-state index in [4.69, 9.17) is 11.6 Å². The fraction of sp³-hybridized carbons (Fsp3) is 0.154. The van der Waals surface area contributed by atoms with Gasteiger partial charge in [-0.1, -0.05) is 29.5 Å². The van der Waals surface area contributed by atoms with Gasteiger partial charge in [-0.3, -0.25) is 4.98 Å². The fourth-order valence-corrected chi connectivity index (χ4v) is 3.00. The molecule has 18 heavy (non-hydrogen) atoms. The van der Waals surface area contributed by atoms with Gasteiger partial charge in [0, 0.05) is 29.4 Å². The Bertz CT molecular complexity index is 675. The highest BCUT2D eigenvalue weighted by Crippen LogP contribution is 2.29. The maximum absolute atomic E-state index is 5.72. The molecule has 90 valence electrons. The van der Waals surface area contributed by atoms with Crippen LogP contribution in [0.25, 0.3) is 21.5 Å². The van der Waals surface area contributed by atoms with Crippen LogP contribution in [0.4, 0.5) is 0 Å². The lowest BCUT2D eigenvalue weighted by Gasteiger charge is -2.01. The number of rotatable bonds is 3. The largest absolute Gasteiger partial charge is 0.256 e. The van der Waals surface area contributed by atoms with Crippen LogP contribution in [-0.4, -0.2) is 21.1 Å². The first kappa shape index (κ1) is 11.6. The summed E-state index contributed by atoms with van der Waals surface area (Å²) in [6.45, 7) is 0. The van der Waals surface area contributed by atoms with E-state index >= 15 is 0 Å². The highest BCUT2D eigenvalue weighted by Gasteiger charge is 2.09. The Labute approximate surface area is 113 Å². The molecule has 0 atom stereocenters. The fourth-order valence-electron chi connectivity index (χ4n) is 1.83. The van der Waals surface area contributed by atoms with E-state index in [1.165, 1.54) is 0 Å². The summed E-state index contributed by atoms with van der Waals surface area (Å²) in [5.74, 6) is 0.575. The van der Waals surface area contributed by atoms with E-state index < -0.39 is 0 Å². The first-order valence-electron chi connectivity index (χ1n) is 5.61. The van der Waals surface area contributed by atoms with Crippen molar-refractivity contribution >= 4 is 33.8 Å². The summed E-state index contributed by atoms with van der Waals surface area (Å²) in [7, 11) is 0. The van der Waals surface area contributed by atoms with Gasteiger partial charge >= 0.3 is 0 Å². The van der Waals surface area contributed by atoms with Gasteiger partial charge < -0.3 is 0 Å². The Hall–Kier alpha value is -1.52. The summed E-state index contributed by atoms with van der Waals surface area (Å²) in [5.41, 5.74) is 2.06. The summed E-state index contributed by atoms with van der Waals surface area (Å²) < 4.78 is 0. The lowest BCUT2D eigenvalue weighted by molar-refractivity contribution is 0.990. The molecular weight excluding hydrogens is 266 g/mol. The van der Waals surface area contributed by atoms with E-state index in [-0.39, 0.29) is 0 Å². The standard InChI is InChI=1S/C13H10ClN3S/c14-7-5-12-16-17-13(18-12)10-6-8-15-11-4-2-1-3-9(10)11/h1-4,6,8H,5,7H2. The van der Waals surface area contributed by atoms with Crippen molar-refractivity contribution in [2.75, 3.05) is 5.88 Å². The van der Waals surface area contributed by atoms with Gasteiger partial charge in [-0.2, -0.15) is 0 Å².